The lowest BCUT2D eigenvalue weighted by Crippen LogP contribution is -2.59. The summed E-state index contributed by atoms with van der Waals surface area (Å²) in [5, 5.41) is 3.33. The lowest BCUT2D eigenvalue weighted by atomic mass is 9.75. The maximum Gasteiger partial charge on any atom is 0.0330 e. The number of nitrogens with zero attached hydrogens (tertiary/aromatic N) is 2. The maximum atomic E-state index is 3.33. The zero-order valence-electron chi connectivity index (χ0n) is 12.6. The molecule has 0 aromatic heterocycles. The molecule has 17 heavy (non-hydrogen) atoms. The van der Waals surface area contributed by atoms with E-state index in [-0.39, 0.29) is 0 Å². The Balaban J connectivity index is 2.59. The minimum atomic E-state index is 0.440. The molecular formula is C14H31N3. The first-order chi connectivity index (χ1) is 7.93. The molecule has 0 heterocycles. The summed E-state index contributed by atoms with van der Waals surface area (Å²) in [6, 6.07) is 0.637. The van der Waals surface area contributed by atoms with Crippen LogP contribution in [0.2, 0.25) is 0 Å². The lowest BCUT2D eigenvalue weighted by molar-refractivity contribution is 0.0102. The smallest absolute Gasteiger partial charge is 0.0330 e. The average Bonchev–Trinajstić information content (AvgIpc) is 2.18. The number of likely N-dealkylation sites (N-methyl/N-ethyl adjacent to an activating group) is 3. The van der Waals surface area contributed by atoms with Gasteiger partial charge in [0.1, 0.15) is 0 Å². The lowest BCUT2D eigenvalue weighted by Gasteiger charge is -2.50. The van der Waals surface area contributed by atoms with Gasteiger partial charge in [-0.05, 0) is 53.4 Å². The third-order valence-electron chi connectivity index (χ3n) is 4.53. The zero-order chi connectivity index (χ0) is 13.1. The second-order valence-corrected chi connectivity index (χ2v) is 6.26. The van der Waals surface area contributed by atoms with E-state index in [1.165, 1.54) is 25.8 Å². The van der Waals surface area contributed by atoms with Crippen LogP contribution in [0.4, 0.5) is 0 Å². The molecule has 1 unspecified atom stereocenters. The molecule has 1 aliphatic rings. The van der Waals surface area contributed by atoms with E-state index in [1.54, 1.807) is 0 Å². The molecule has 0 spiro atoms. The SMILES string of the molecule is CNCC(C(C)C)N(C)CC1(N(C)C)CCC1. The van der Waals surface area contributed by atoms with Gasteiger partial charge in [0, 0.05) is 24.7 Å². The van der Waals surface area contributed by atoms with Gasteiger partial charge in [0.05, 0.1) is 0 Å². The molecule has 1 N–H and O–H groups in total. The van der Waals surface area contributed by atoms with Gasteiger partial charge in [0.2, 0.25) is 0 Å². The summed E-state index contributed by atoms with van der Waals surface area (Å²) < 4.78 is 0. The Bertz CT molecular complexity index is 222. The van der Waals surface area contributed by atoms with Gasteiger partial charge in [-0.25, -0.2) is 0 Å². The van der Waals surface area contributed by atoms with Gasteiger partial charge in [0.15, 0.2) is 0 Å². The quantitative estimate of drug-likeness (QED) is 0.731. The number of rotatable bonds is 7. The van der Waals surface area contributed by atoms with Crippen LogP contribution in [0.1, 0.15) is 33.1 Å². The first kappa shape index (κ1) is 14.9. The minimum Gasteiger partial charge on any atom is -0.318 e. The molecule has 0 amide bonds. The molecule has 102 valence electrons. The molecule has 0 saturated heterocycles. The molecule has 0 aromatic rings. The molecule has 1 rings (SSSR count). The predicted molar refractivity (Wildman–Crippen MR) is 75.5 cm³/mol. The normalized spacial score (nSPS) is 21.0. The Kier molecular flexibility index (Phi) is 5.42. The van der Waals surface area contributed by atoms with Gasteiger partial charge >= 0.3 is 0 Å². The molecule has 3 heteroatoms. The van der Waals surface area contributed by atoms with Crippen molar-refractivity contribution in [3.63, 3.8) is 0 Å². The maximum absolute atomic E-state index is 3.33. The average molecular weight is 241 g/mol. The van der Waals surface area contributed by atoms with Crippen LogP contribution < -0.4 is 5.32 Å². The second kappa shape index (κ2) is 6.17. The molecule has 1 fully saturated rings. The van der Waals surface area contributed by atoms with Gasteiger partial charge < -0.3 is 15.1 Å². The molecule has 0 bridgehead atoms. The van der Waals surface area contributed by atoms with Crippen molar-refractivity contribution in [2.24, 2.45) is 5.92 Å². The van der Waals surface area contributed by atoms with Gasteiger partial charge in [-0.2, -0.15) is 0 Å². The highest BCUT2D eigenvalue weighted by Crippen LogP contribution is 2.37. The summed E-state index contributed by atoms with van der Waals surface area (Å²) in [5.74, 6) is 0.701. The largest absolute Gasteiger partial charge is 0.318 e. The molecule has 1 saturated carbocycles. The van der Waals surface area contributed by atoms with Gasteiger partial charge in [0.25, 0.3) is 0 Å². The van der Waals surface area contributed by atoms with E-state index < -0.39 is 0 Å². The third kappa shape index (κ3) is 3.43. The van der Waals surface area contributed by atoms with Crippen molar-refractivity contribution in [1.29, 1.82) is 0 Å². The van der Waals surface area contributed by atoms with Crippen LogP contribution in [-0.2, 0) is 0 Å². The van der Waals surface area contributed by atoms with Crippen LogP contribution >= 0.6 is 0 Å². The van der Waals surface area contributed by atoms with E-state index in [0.717, 1.165) is 6.54 Å². The highest BCUT2D eigenvalue weighted by Gasteiger charge is 2.40. The van der Waals surface area contributed by atoms with Crippen LogP contribution in [0.15, 0.2) is 0 Å². The van der Waals surface area contributed by atoms with Crippen molar-refractivity contribution < 1.29 is 0 Å². The highest BCUT2D eigenvalue weighted by atomic mass is 15.2. The van der Waals surface area contributed by atoms with Crippen molar-refractivity contribution in [2.45, 2.75) is 44.7 Å². The summed E-state index contributed by atoms with van der Waals surface area (Å²) in [5.41, 5.74) is 0.440. The highest BCUT2D eigenvalue weighted by molar-refractivity contribution is 4.98. The summed E-state index contributed by atoms with van der Waals surface area (Å²) in [4.78, 5) is 4.99. The Hall–Kier alpha value is -0.120. The summed E-state index contributed by atoms with van der Waals surface area (Å²) >= 11 is 0. The molecule has 3 nitrogen and oxygen atoms in total. The van der Waals surface area contributed by atoms with Crippen molar-refractivity contribution >= 4 is 0 Å². The van der Waals surface area contributed by atoms with E-state index >= 15 is 0 Å². The molecule has 1 atom stereocenters. The van der Waals surface area contributed by atoms with Crippen molar-refractivity contribution in [3.05, 3.63) is 0 Å². The first-order valence-electron chi connectivity index (χ1n) is 6.95. The molecule has 1 aliphatic carbocycles. The van der Waals surface area contributed by atoms with Gasteiger partial charge in [-0.1, -0.05) is 13.8 Å². The standard InChI is InChI=1S/C14H31N3/c1-12(2)13(10-15-3)17(6)11-14(16(4)5)8-7-9-14/h12-13,15H,7-11H2,1-6H3. The van der Waals surface area contributed by atoms with Gasteiger partial charge in [-0.3, -0.25) is 0 Å². The molecular weight excluding hydrogens is 210 g/mol. The Labute approximate surface area is 108 Å². The first-order valence-corrected chi connectivity index (χ1v) is 6.95. The van der Waals surface area contributed by atoms with E-state index in [9.17, 15) is 0 Å². The summed E-state index contributed by atoms with van der Waals surface area (Å²) in [6.07, 6.45) is 4.10. The van der Waals surface area contributed by atoms with Crippen molar-refractivity contribution in [3.8, 4) is 0 Å². The number of nitrogens with one attached hydrogen (secondary N) is 1. The van der Waals surface area contributed by atoms with E-state index in [2.05, 4.69) is 50.1 Å². The molecule has 0 radical (unpaired) electrons. The van der Waals surface area contributed by atoms with E-state index in [4.69, 9.17) is 0 Å². The fourth-order valence-corrected chi connectivity index (χ4v) is 3.02. The minimum absolute atomic E-state index is 0.440. The topological polar surface area (TPSA) is 18.5 Å². The number of hydrogen-bond acceptors (Lipinski definition) is 3. The fourth-order valence-electron chi connectivity index (χ4n) is 3.02. The van der Waals surface area contributed by atoms with Crippen LogP contribution in [0.5, 0.6) is 0 Å². The van der Waals surface area contributed by atoms with Crippen molar-refractivity contribution in [1.82, 2.24) is 15.1 Å². The Morgan fingerprint density at radius 1 is 1.18 bits per heavy atom. The Morgan fingerprint density at radius 3 is 2.06 bits per heavy atom. The zero-order valence-corrected chi connectivity index (χ0v) is 12.6. The molecule has 0 aromatic carbocycles. The fraction of sp³-hybridized carbons (Fsp3) is 1.00. The van der Waals surface area contributed by atoms with E-state index in [1.807, 2.05) is 7.05 Å². The van der Waals surface area contributed by atoms with Crippen LogP contribution in [-0.4, -0.2) is 62.7 Å². The second-order valence-electron chi connectivity index (χ2n) is 6.26. The van der Waals surface area contributed by atoms with Crippen LogP contribution in [0, 0.1) is 5.92 Å². The monoisotopic (exact) mass is 241 g/mol. The van der Waals surface area contributed by atoms with Gasteiger partial charge in [-0.15, -0.1) is 0 Å². The van der Waals surface area contributed by atoms with E-state index in [0.29, 0.717) is 17.5 Å². The van der Waals surface area contributed by atoms with Crippen LogP contribution in [0.3, 0.4) is 0 Å². The molecule has 0 aliphatic heterocycles. The van der Waals surface area contributed by atoms with Crippen LogP contribution in [0.25, 0.3) is 0 Å². The Morgan fingerprint density at radius 2 is 1.76 bits per heavy atom. The third-order valence-corrected chi connectivity index (χ3v) is 4.53. The summed E-state index contributed by atoms with van der Waals surface area (Å²) in [7, 11) is 8.80. The number of hydrogen-bond donors (Lipinski definition) is 1. The summed E-state index contributed by atoms with van der Waals surface area (Å²) in [6.45, 7) is 6.92. The predicted octanol–water partition coefficient (Wildman–Crippen LogP) is 1.65. The van der Waals surface area contributed by atoms with Crippen molar-refractivity contribution in [2.75, 3.05) is 41.3 Å².